The van der Waals surface area contributed by atoms with Crippen LogP contribution in [-0.4, -0.2) is 34.2 Å². The second kappa shape index (κ2) is 7.01. The van der Waals surface area contributed by atoms with Gasteiger partial charge in [-0.25, -0.2) is 4.98 Å². The van der Waals surface area contributed by atoms with E-state index in [1.54, 1.807) is 0 Å². The predicted octanol–water partition coefficient (Wildman–Crippen LogP) is 2.52. The van der Waals surface area contributed by atoms with Crippen LogP contribution in [-0.2, 0) is 20.8 Å². The first-order chi connectivity index (χ1) is 11.5. The molecule has 7 heteroatoms. The third kappa shape index (κ3) is 3.22. The number of nitrogens with zero attached hydrogens (tertiary/aromatic N) is 2. The Hall–Kier alpha value is -1.76. The highest BCUT2D eigenvalue weighted by molar-refractivity contribution is 7.15. The standard InChI is InChI=1S/C17H23N3O3S/c1-3-13-10(2)24-17(18-13)19-14(21)8-9-20-15(22)11-6-4-5-7-12(11)16(20)23/h11-12H,3-9H2,1-2H3,(H,18,19,21)/t11-,12+. The maximum Gasteiger partial charge on any atom is 0.233 e. The zero-order chi connectivity index (χ0) is 17.3. The van der Waals surface area contributed by atoms with Gasteiger partial charge in [-0.15, -0.1) is 11.3 Å². The van der Waals surface area contributed by atoms with Crippen molar-refractivity contribution >= 4 is 34.2 Å². The summed E-state index contributed by atoms with van der Waals surface area (Å²) in [6, 6.07) is 0. The summed E-state index contributed by atoms with van der Waals surface area (Å²) in [5.41, 5.74) is 0.990. The lowest BCUT2D eigenvalue weighted by atomic mass is 9.81. The SMILES string of the molecule is CCc1nc(NC(=O)CCN2C(=O)[C@H]3CCCC[C@H]3C2=O)sc1C. The van der Waals surface area contributed by atoms with Gasteiger partial charge in [0.1, 0.15) is 0 Å². The molecule has 0 unspecified atom stereocenters. The molecule has 24 heavy (non-hydrogen) atoms. The molecule has 1 N–H and O–H groups in total. The van der Waals surface area contributed by atoms with Crippen molar-refractivity contribution in [2.75, 3.05) is 11.9 Å². The number of rotatable bonds is 5. The van der Waals surface area contributed by atoms with Gasteiger partial charge in [-0.05, 0) is 26.2 Å². The lowest BCUT2D eigenvalue weighted by Gasteiger charge is -2.19. The van der Waals surface area contributed by atoms with Crippen LogP contribution in [0.1, 0.15) is 49.6 Å². The smallest absolute Gasteiger partial charge is 0.233 e. The lowest BCUT2D eigenvalue weighted by Crippen LogP contribution is -2.34. The molecular formula is C17H23N3O3S. The molecule has 3 amide bonds. The van der Waals surface area contributed by atoms with Crippen LogP contribution in [0.4, 0.5) is 5.13 Å². The molecule has 0 radical (unpaired) electrons. The Morgan fingerprint density at radius 3 is 2.42 bits per heavy atom. The molecule has 2 atom stereocenters. The molecule has 0 spiro atoms. The van der Waals surface area contributed by atoms with Crippen molar-refractivity contribution < 1.29 is 14.4 Å². The van der Waals surface area contributed by atoms with Crippen LogP contribution in [0.25, 0.3) is 0 Å². The summed E-state index contributed by atoms with van der Waals surface area (Å²) < 4.78 is 0. The van der Waals surface area contributed by atoms with Gasteiger partial charge in [0.25, 0.3) is 0 Å². The molecule has 0 bridgehead atoms. The number of hydrogen-bond donors (Lipinski definition) is 1. The number of nitrogens with one attached hydrogen (secondary N) is 1. The van der Waals surface area contributed by atoms with Gasteiger partial charge in [-0.1, -0.05) is 19.8 Å². The summed E-state index contributed by atoms with van der Waals surface area (Å²) >= 11 is 1.45. The largest absolute Gasteiger partial charge is 0.302 e. The molecular weight excluding hydrogens is 326 g/mol. The molecule has 1 aromatic rings. The molecule has 1 aliphatic heterocycles. The first-order valence-electron chi connectivity index (χ1n) is 8.62. The second-order valence-corrected chi connectivity index (χ2v) is 7.70. The fraction of sp³-hybridized carbons (Fsp3) is 0.647. The van der Waals surface area contributed by atoms with Crippen molar-refractivity contribution in [3.05, 3.63) is 10.6 Å². The van der Waals surface area contributed by atoms with E-state index >= 15 is 0 Å². The zero-order valence-electron chi connectivity index (χ0n) is 14.1. The highest BCUT2D eigenvalue weighted by atomic mass is 32.1. The van der Waals surface area contributed by atoms with E-state index in [1.807, 2.05) is 13.8 Å². The van der Waals surface area contributed by atoms with E-state index in [-0.39, 0.29) is 42.5 Å². The topological polar surface area (TPSA) is 79.4 Å². The van der Waals surface area contributed by atoms with E-state index in [2.05, 4.69) is 10.3 Å². The van der Waals surface area contributed by atoms with Gasteiger partial charge >= 0.3 is 0 Å². The van der Waals surface area contributed by atoms with Gasteiger partial charge in [0.15, 0.2) is 5.13 Å². The summed E-state index contributed by atoms with van der Waals surface area (Å²) in [6.45, 7) is 4.18. The van der Waals surface area contributed by atoms with E-state index in [1.165, 1.54) is 16.2 Å². The van der Waals surface area contributed by atoms with Crippen molar-refractivity contribution in [1.29, 1.82) is 0 Å². The Kier molecular flexibility index (Phi) is 4.99. The molecule has 2 aliphatic rings. The fourth-order valence-electron chi connectivity index (χ4n) is 3.66. The number of amides is 3. The number of likely N-dealkylation sites (tertiary alicyclic amines) is 1. The minimum Gasteiger partial charge on any atom is -0.302 e. The summed E-state index contributed by atoms with van der Waals surface area (Å²) in [7, 11) is 0. The Morgan fingerprint density at radius 1 is 1.25 bits per heavy atom. The second-order valence-electron chi connectivity index (χ2n) is 6.50. The van der Waals surface area contributed by atoms with Crippen LogP contribution < -0.4 is 5.32 Å². The maximum absolute atomic E-state index is 12.4. The molecule has 1 saturated heterocycles. The van der Waals surface area contributed by atoms with Crippen LogP contribution in [0.2, 0.25) is 0 Å². The van der Waals surface area contributed by atoms with Gasteiger partial charge in [-0.3, -0.25) is 19.3 Å². The minimum atomic E-state index is -0.207. The number of carbonyl (C=O) groups is 3. The Morgan fingerprint density at radius 2 is 1.88 bits per heavy atom. The average molecular weight is 349 g/mol. The number of carbonyl (C=O) groups excluding carboxylic acids is 3. The lowest BCUT2D eigenvalue weighted by molar-refractivity contribution is -0.140. The van der Waals surface area contributed by atoms with E-state index in [0.29, 0.717) is 5.13 Å². The third-order valence-corrected chi connectivity index (χ3v) is 5.90. The molecule has 2 fully saturated rings. The summed E-state index contributed by atoms with van der Waals surface area (Å²) in [5, 5.41) is 3.36. The van der Waals surface area contributed by atoms with Crippen LogP contribution in [0.5, 0.6) is 0 Å². The van der Waals surface area contributed by atoms with E-state index in [9.17, 15) is 14.4 Å². The van der Waals surface area contributed by atoms with Crippen molar-refractivity contribution in [1.82, 2.24) is 9.88 Å². The van der Waals surface area contributed by atoms with Gasteiger partial charge in [0.2, 0.25) is 17.7 Å². The predicted molar refractivity (Wildman–Crippen MR) is 91.6 cm³/mol. The fourth-order valence-corrected chi connectivity index (χ4v) is 4.57. The molecule has 1 saturated carbocycles. The number of thiazole rings is 1. The number of aryl methyl sites for hydroxylation is 2. The third-order valence-electron chi connectivity index (χ3n) is 4.97. The molecule has 1 aromatic heterocycles. The molecule has 3 rings (SSSR count). The maximum atomic E-state index is 12.4. The highest BCUT2D eigenvalue weighted by Gasteiger charge is 2.47. The summed E-state index contributed by atoms with van der Waals surface area (Å²) in [5.74, 6) is -0.681. The molecule has 2 heterocycles. The van der Waals surface area contributed by atoms with Crippen molar-refractivity contribution in [3.63, 3.8) is 0 Å². The molecule has 130 valence electrons. The Balaban J connectivity index is 1.56. The average Bonchev–Trinajstić information content (AvgIpc) is 3.04. The molecule has 1 aliphatic carbocycles. The van der Waals surface area contributed by atoms with E-state index in [4.69, 9.17) is 0 Å². The summed E-state index contributed by atoms with van der Waals surface area (Å²) in [4.78, 5) is 43.6. The number of aromatic nitrogens is 1. The van der Waals surface area contributed by atoms with Crippen LogP contribution in [0, 0.1) is 18.8 Å². The minimum absolute atomic E-state index is 0.0872. The monoisotopic (exact) mass is 349 g/mol. The van der Waals surface area contributed by atoms with Crippen molar-refractivity contribution in [3.8, 4) is 0 Å². The van der Waals surface area contributed by atoms with Crippen molar-refractivity contribution in [2.45, 2.75) is 52.4 Å². The first-order valence-corrected chi connectivity index (χ1v) is 9.44. The van der Waals surface area contributed by atoms with Gasteiger partial charge in [0, 0.05) is 17.8 Å². The molecule has 6 nitrogen and oxygen atoms in total. The number of imide groups is 1. The van der Waals surface area contributed by atoms with Crippen LogP contribution in [0.15, 0.2) is 0 Å². The van der Waals surface area contributed by atoms with Gasteiger partial charge in [-0.2, -0.15) is 0 Å². The van der Waals surface area contributed by atoms with Gasteiger partial charge < -0.3 is 5.32 Å². The Labute approximate surface area is 145 Å². The van der Waals surface area contributed by atoms with Gasteiger partial charge in [0.05, 0.1) is 17.5 Å². The number of anilines is 1. The van der Waals surface area contributed by atoms with E-state index < -0.39 is 0 Å². The number of fused-ring (bicyclic) bond motifs is 1. The van der Waals surface area contributed by atoms with Crippen molar-refractivity contribution in [2.24, 2.45) is 11.8 Å². The first kappa shape index (κ1) is 17.1. The summed E-state index contributed by atoms with van der Waals surface area (Å²) in [6.07, 6.45) is 4.58. The van der Waals surface area contributed by atoms with E-state index in [0.717, 1.165) is 42.7 Å². The van der Waals surface area contributed by atoms with Crippen LogP contribution >= 0.6 is 11.3 Å². The Bertz CT molecular complexity index is 646. The zero-order valence-corrected chi connectivity index (χ0v) is 14.9. The quantitative estimate of drug-likeness (QED) is 0.829. The highest BCUT2D eigenvalue weighted by Crippen LogP contribution is 2.38. The normalized spacial score (nSPS) is 23.5. The molecule has 0 aromatic carbocycles. The number of hydrogen-bond acceptors (Lipinski definition) is 5. The van der Waals surface area contributed by atoms with Crippen LogP contribution in [0.3, 0.4) is 0 Å².